The van der Waals surface area contributed by atoms with Gasteiger partial charge in [0.1, 0.15) is 5.75 Å². The summed E-state index contributed by atoms with van der Waals surface area (Å²) in [6, 6.07) is 21.0. The summed E-state index contributed by atoms with van der Waals surface area (Å²) < 4.78 is 45.8. The van der Waals surface area contributed by atoms with Crippen LogP contribution in [0.3, 0.4) is 0 Å². The third-order valence-electron chi connectivity index (χ3n) is 6.50. The predicted octanol–water partition coefficient (Wildman–Crippen LogP) is 7.07. The summed E-state index contributed by atoms with van der Waals surface area (Å²) in [5, 5.41) is 3.26. The van der Waals surface area contributed by atoms with Gasteiger partial charge >= 0.3 is 6.18 Å². The fraction of sp³-hybridized carbons (Fsp3) is 0.323. The molecule has 0 heterocycles. The average Bonchev–Trinajstić information content (AvgIpc) is 2.90. The van der Waals surface area contributed by atoms with E-state index in [1.54, 1.807) is 54.6 Å². The third-order valence-corrected chi connectivity index (χ3v) is 6.94. The van der Waals surface area contributed by atoms with Gasteiger partial charge in [0.25, 0.3) is 5.91 Å². The first-order chi connectivity index (χ1) is 19.3. The van der Waals surface area contributed by atoms with E-state index in [0.717, 1.165) is 5.56 Å². The van der Waals surface area contributed by atoms with Gasteiger partial charge in [-0.25, -0.2) is 0 Å². The lowest BCUT2D eigenvalue weighted by Gasteiger charge is -2.26. The van der Waals surface area contributed by atoms with Crippen molar-refractivity contribution < 1.29 is 32.3 Å². The van der Waals surface area contributed by atoms with Gasteiger partial charge in [0.2, 0.25) is 5.78 Å². The van der Waals surface area contributed by atoms with Crippen LogP contribution in [-0.4, -0.2) is 35.8 Å². The Kier molecular flexibility index (Phi) is 11.4. The van der Waals surface area contributed by atoms with Crippen LogP contribution in [0.15, 0.2) is 78.9 Å². The Hall–Kier alpha value is -3.36. The lowest BCUT2D eigenvalue weighted by atomic mass is 9.84. The maximum Gasteiger partial charge on any atom is 0.450 e. The Bertz CT molecular complexity index is 1310. The van der Waals surface area contributed by atoms with Gasteiger partial charge < -0.3 is 10.1 Å². The highest BCUT2D eigenvalue weighted by molar-refractivity contribution is 6.34. The van der Waals surface area contributed by atoms with Crippen molar-refractivity contribution in [2.24, 2.45) is 11.8 Å². The van der Waals surface area contributed by atoms with Crippen LogP contribution in [0.25, 0.3) is 0 Å². The van der Waals surface area contributed by atoms with E-state index in [1.165, 1.54) is 32.0 Å². The van der Waals surface area contributed by atoms with Crippen LogP contribution in [0.2, 0.25) is 10.0 Å². The zero-order valence-electron chi connectivity index (χ0n) is 22.5. The first-order valence-corrected chi connectivity index (χ1v) is 13.7. The Labute approximate surface area is 247 Å². The largest absolute Gasteiger partial charge is 0.480 e. The molecule has 0 aliphatic rings. The molecule has 0 unspecified atom stereocenters. The van der Waals surface area contributed by atoms with E-state index in [0.29, 0.717) is 5.56 Å². The molecule has 3 aromatic carbocycles. The highest BCUT2D eigenvalue weighted by atomic mass is 35.5. The standard InChI is InChI=1S/C31H30Cl2F3NO4/c1-19(2)25(29(39)31(34,35)36)18-27(38)26(13-20-9-5-3-6-10-20)37-30(40)28(14-21-11-7-4-8-12-21)41-24-16-22(32)15-23(33)17-24/h3-12,15-17,19,25-26,28H,13-14,18H2,1-2H3,(H,37,40)/t25-,26-,28+/m0/s1. The summed E-state index contributed by atoms with van der Waals surface area (Å²) >= 11 is 12.2. The van der Waals surface area contributed by atoms with Crippen molar-refractivity contribution in [3.05, 3.63) is 100 Å². The summed E-state index contributed by atoms with van der Waals surface area (Å²) in [4.78, 5) is 39.2. The molecule has 1 N–H and O–H groups in total. The molecule has 5 nitrogen and oxygen atoms in total. The number of nitrogens with one attached hydrogen (secondary N) is 1. The quantitative estimate of drug-likeness (QED) is 0.225. The van der Waals surface area contributed by atoms with E-state index in [1.807, 2.05) is 6.07 Å². The second kappa shape index (κ2) is 14.5. The Balaban J connectivity index is 1.90. The minimum Gasteiger partial charge on any atom is -0.480 e. The molecule has 0 radical (unpaired) electrons. The summed E-state index contributed by atoms with van der Waals surface area (Å²) in [7, 11) is 0. The molecule has 218 valence electrons. The molecular weight excluding hydrogens is 578 g/mol. The van der Waals surface area contributed by atoms with Gasteiger partial charge in [0.15, 0.2) is 11.9 Å². The topological polar surface area (TPSA) is 72.5 Å². The molecular formula is C31H30Cl2F3NO4. The number of rotatable bonds is 13. The van der Waals surface area contributed by atoms with Gasteiger partial charge in [0, 0.05) is 28.8 Å². The second-order valence-corrected chi connectivity index (χ2v) is 10.9. The van der Waals surface area contributed by atoms with Crippen molar-refractivity contribution in [3.63, 3.8) is 0 Å². The van der Waals surface area contributed by atoms with Gasteiger partial charge in [-0.1, -0.05) is 97.7 Å². The van der Waals surface area contributed by atoms with E-state index in [4.69, 9.17) is 27.9 Å². The molecule has 41 heavy (non-hydrogen) atoms. The normalized spacial score (nSPS) is 13.8. The van der Waals surface area contributed by atoms with E-state index in [9.17, 15) is 27.6 Å². The molecule has 0 saturated heterocycles. The number of ether oxygens (including phenoxy) is 1. The van der Waals surface area contributed by atoms with Crippen molar-refractivity contribution in [1.82, 2.24) is 5.32 Å². The molecule has 3 atom stereocenters. The molecule has 0 bridgehead atoms. The van der Waals surface area contributed by atoms with Crippen LogP contribution >= 0.6 is 23.2 Å². The Morgan fingerprint density at radius 1 is 0.829 bits per heavy atom. The molecule has 10 heteroatoms. The molecule has 3 rings (SSSR count). The molecule has 0 fully saturated rings. The fourth-order valence-corrected chi connectivity index (χ4v) is 4.84. The van der Waals surface area contributed by atoms with E-state index >= 15 is 0 Å². The molecule has 0 aliphatic carbocycles. The summed E-state index contributed by atoms with van der Waals surface area (Å²) in [6.45, 7) is 2.90. The van der Waals surface area contributed by atoms with Crippen LogP contribution in [0.1, 0.15) is 31.4 Å². The number of halogens is 5. The molecule has 1 amide bonds. The van der Waals surface area contributed by atoms with Gasteiger partial charge in [0.05, 0.1) is 6.04 Å². The van der Waals surface area contributed by atoms with Crippen LogP contribution in [0, 0.1) is 11.8 Å². The van der Waals surface area contributed by atoms with Crippen LogP contribution < -0.4 is 10.1 Å². The maximum atomic E-state index is 13.6. The van der Waals surface area contributed by atoms with Crippen molar-refractivity contribution in [1.29, 1.82) is 0 Å². The monoisotopic (exact) mass is 607 g/mol. The minimum absolute atomic E-state index is 0.0114. The number of alkyl halides is 3. The summed E-state index contributed by atoms with van der Waals surface area (Å²) in [6.07, 6.45) is -6.78. The van der Waals surface area contributed by atoms with E-state index in [2.05, 4.69) is 5.32 Å². The average molecular weight is 608 g/mol. The SMILES string of the molecule is CC(C)[C@H](CC(=O)[C@H](Cc1ccccc1)NC(=O)[C@@H](Cc1ccccc1)Oc1cc(Cl)cc(Cl)c1)C(=O)C(F)(F)F. The zero-order valence-corrected chi connectivity index (χ0v) is 24.0. The third kappa shape index (κ3) is 9.90. The highest BCUT2D eigenvalue weighted by Gasteiger charge is 2.45. The molecule has 0 saturated carbocycles. The number of benzene rings is 3. The zero-order chi connectivity index (χ0) is 30.2. The van der Waals surface area contributed by atoms with Crippen molar-refractivity contribution in [3.8, 4) is 5.75 Å². The number of carbonyl (C=O) groups is 3. The lowest BCUT2D eigenvalue weighted by molar-refractivity contribution is -0.177. The number of amides is 1. The minimum atomic E-state index is -5.08. The van der Waals surface area contributed by atoms with Crippen molar-refractivity contribution >= 4 is 40.7 Å². The van der Waals surface area contributed by atoms with E-state index < -0.39 is 54.1 Å². The maximum absolute atomic E-state index is 13.6. The molecule has 0 aromatic heterocycles. The number of Topliss-reactive ketones (excluding diaryl/α,β-unsaturated/α-hetero) is 2. The van der Waals surface area contributed by atoms with Crippen LogP contribution in [0.4, 0.5) is 13.2 Å². The van der Waals surface area contributed by atoms with Crippen LogP contribution in [-0.2, 0) is 27.2 Å². The smallest absolute Gasteiger partial charge is 0.450 e. The van der Waals surface area contributed by atoms with Gasteiger partial charge in [-0.2, -0.15) is 13.2 Å². The van der Waals surface area contributed by atoms with Gasteiger partial charge in [-0.05, 0) is 41.7 Å². The number of carbonyl (C=O) groups excluding carboxylic acids is 3. The first-order valence-electron chi connectivity index (χ1n) is 13.0. The number of hydrogen-bond donors (Lipinski definition) is 1. The lowest BCUT2D eigenvalue weighted by Crippen LogP contribution is -2.50. The molecule has 0 spiro atoms. The van der Waals surface area contributed by atoms with Gasteiger partial charge in [-0.15, -0.1) is 0 Å². The van der Waals surface area contributed by atoms with Crippen LogP contribution in [0.5, 0.6) is 5.75 Å². The van der Waals surface area contributed by atoms with E-state index in [-0.39, 0.29) is 28.6 Å². The number of hydrogen-bond acceptors (Lipinski definition) is 4. The van der Waals surface area contributed by atoms with Crippen molar-refractivity contribution in [2.45, 2.75) is 51.4 Å². The fourth-order valence-electron chi connectivity index (χ4n) is 4.34. The Morgan fingerprint density at radius 3 is 1.83 bits per heavy atom. The van der Waals surface area contributed by atoms with Crippen molar-refractivity contribution in [2.75, 3.05) is 0 Å². The Morgan fingerprint density at radius 2 is 1.34 bits per heavy atom. The highest BCUT2D eigenvalue weighted by Crippen LogP contribution is 2.29. The molecule has 0 aliphatic heterocycles. The first kappa shape index (κ1) is 32.2. The summed E-state index contributed by atoms with van der Waals surface area (Å²) in [5.41, 5.74) is 1.44. The predicted molar refractivity (Wildman–Crippen MR) is 152 cm³/mol. The van der Waals surface area contributed by atoms with Gasteiger partial charge in [-0.3, -0.25) is 14.4 Å². The summed E-state index contributed by atoms with van der Waals surface area (Å²) in [5.74, 6) is -5.43. The second-order valence-electron chi connectivity index (χ2n) is 10.0. The molecule has 3 aromatic rings. The number of ketones is 2.